The summed E-state index contributed by atoms with van der Waals surface area (Å²) in [6.07, 6.45) is 6.92. The van der Waals surface area contributed by atoms with E-state index in [1.165, 1.54) is 114 Å². The van der Waals surface area contributed by atoms with Crippen LogP contribution >= 0.6 is 0 Å². The zero-order valence-corrected chi connectivity index (χ0v) is 43.0. The Bertz CT molecular complexity index is 3400. The zero-order chi connectivity index (χ0) is 48.7. The van der Waals surface area contributed by atoms with E-state index >= 15 is 0 Å². The molecule has 2 atom stereocenters. The van der Waals surface area contributed by atoms with E-state index in [-0.39, 0.29) is 33.9 Å². The third kappa shape index (κ3) is 6.35. The van der Waals surface area contributed by atoms with Crippen LogP contribution < -0.4 is 31.1 Å². The van der Waals surface area contributed by atoms with Crippen molar-refractivity contribution >= 4 is 68.6 Å². The first-order valence-electron chi connectivity index (χ1n) is 26.5. The fourth-order valence-electron chi connectivity index (χ4n) is 14.4. The highest BCUT2D eigenvalue weighted by Gasteiger charge is 2.61. The summed E-state index contributed by atoms with van der Waals surface area (Å²) >= 11 is 0. The van der Waals surface area contributed by atoms with Crippen molar-refractivity contribution in [3.05, 3.63) is 210 Å². The highest BCUT2D eigenvalue weighted by molar-refractivity contribution is 7.00. The first-order chi connectivity index (χ1) is 34.2. The van der Waals surface area contributed by atoms with E-state index in [2.05, 4.69) is 252 Å². The summed E-state index contributed by atoms with van der Waals surface area (Å²) in [6, 6.07) is 70.5. The first-order valence-corrected chi connectivity index (χ1v) is 26.5. The van der Waals surface area contributed by atoms with E-state index in [4.69, 9.17) is 0 Å². The van der Waals surface area contributed by atoms with Crippen LogP contribution in [-0.2, 0) is 21.7 Å². The van der Waals surface area contributed by atoms with E-state index in [0.717, 1.165) is 25.7 Å². The van der Waals surface area contributed by atoms with Crippen LogP contribution in [0.4, 0.5) is 45.5 Å². The minimum Gasteiger partial charge on any atom is -0.334 e. The van der Waals surface area contributed by atoms with Crippen LogP contribution in [0.1, 0.15) is 122 Å². The molecular formula is C67H66BN3. The van der Waals surface area contributed by atoms with E-state index in [0.29, 0.717) is 0 Å². The predicted octanol–water partition coefficient (Wildman–Crippen LogP) is 15.9. The molecule has 3 aliphatic heterocycles. The molecule has 0 bridgehead atoms. The molecule has 2 unspecified atom stereocenters. The van der Waals surface area contributed by atoms with Gasteiger partial charge < -0.3 is 14.7 Å². The molecule has 0 N–H and O–H groups in total. The van der Waals surface area contributed by atoms with Gasteiger partial charge in [-0.1, -0.05) is 189 Å². The van der Waals surface area contributed by atoms with Gasteiger partial charge in [0.15, 0.2) is 0 Å². The van der Waals surface area contributed by atoms with Crippen molar-refractivity contribution in [2.45, 2.75) is 121 Å². The van der Waals surface area contributed by atoms with Crippen molar-refractivity contribution in [2.75, 3.05) is 14.7 Å². The Labute approximate surface area is 423 Å². The fourth-order valence-corrected chi connectivity index (χ4v) is 14.4. The standard InChI is InChI=1S/C67H66BN3/c1-63(2,3)47-34-35-56(50(40-47)45-24-12-9-13-25-45)70-59-44-53-52(64(4,5)38-39-65(53,6)7)43-55(59)68-54-31-19-21-33-58(54)69(48-28-16-11-17-29-48)60-41-49(42-61(70)62(60)68)71-57-32-20-18-30-51(57)67(46-26-14-10-15-27-46)37-23-22-36-66(67,71)8/h9-21,24-35,40-44H,22-23,36-39H2,1-8H3. The molecule has 0 amide bonds. The maximum atomic E-state index is 2.82. The number of hydrogen-bond acceptors (Lipinski definition) is 3. The average molecular weight is 924 g/mol. The lowest BCUT2D eigenvalue weighted by Gasteiger charge is -2.53. The van der Waals surface area contributed by atoms with Crippen molar-refractivity contribution < 1.29 is 0 Å². The van der Waals surface area contributed by atoms with Crippen LogP contribution in [0.3, 0.4) is 0 Å². The van der Waals surface area contributed by atoms with Crippen molar-refractivity contribution in [3.8, 4) is 11.1 Å². The molecule has 1 fully saturated rings. The van der Waals surface area contributed by atoms with E-state index in [9.17, 15) is 0 Å². The number of para-hydroxylation sites is 3. The molecule has 3 heterocycles. The number of hydrogen-bond donors (Lipinski definition) is 0. The lowest BCUT2D eigenvalue weighted by Crippen LogP contribution is -2.62. The van der Waals surface area contributed by atoms with Gasteiger partial charge >= 0.3 is 0 Å². The van der Waals surface area contributed by atoms with Gasteiger partial charge in [0.2, 0.25) is 0 Å². The Balaban J connectivity index is 1.18. The van der Waals surface area contributed by atoms with Gasteiger partial charge in [0, 0.05) is 50.8 Å². The van der Waals surface area contributed by atoms with Gasteiger partial charge in [0.25, 0.3) is 6.71 Å². The second-order valence-corrected chi connectivity index (χ2v) is 24.1. The van der Waals surface area contributed by atoms with Crippen LogP contribution in [-0.4, -0.2) is 12.3 Å². The fraction of sp³-hybridized carbons (Fsp3) is 0.284. The SMILES string of the molecule is CC(C)(C)c1ccc(N2c3cc4c(cc3B3c5ccccc5N(c5ccccc5)c5cc(N6c7ccccc7C7(c8ccccc8)CCCCC67C)cc2c53)C(C)(C)CCC4(C)C)c(-c2ccccc2)c1. The molecule has 0 saturated heterocycles. The van der Waals surface area contributed by atoms with Crippen molar-refractivity contribution in [2.24, 2.45) is 0 Å². The molecule has 0 spiro atoms. The third-order valence-electron chi connectivity index (χ3n) is 18.1. The van der Waals surface area contributed by atoms with Crippen molar-refractivity contribution in [1.29, 1.82) is 0 Å². The summed E-state index contributed by atoms with van der Waals surface area (Å²) in [5.74, 6) is 0. The van der Waals surface area contributed by atoms with Crippen LogP contribution in [0.15, 0.2) is 182 Å². The Kier molecular flexibility index (Phi) is 9.72. The molecule has 3 nitrogen and oxygen atoms in total. The molecule has 4 heteroatoms. The summed E-state index contributed by atoms with van der Waals surface area (Å²) in [5, 5.41) is 0. The smallest absolute Gasteiger partial charge is 0.252 e. The predicted molar refractivity (Wildman–Crippen MR) is 303 cm³/mol. The number of nitrogens with zero attached hydrogens (tertiary/aromatic N) is 3. The van der Waals surface area contributed by atoms with Gasteiger partial charge in [-0.3, -0.25) is 0 Å². The minimum absolute atomic E-state index is 0.0103. The van der Waals surface area contributed by atoms with Gasteiger partial charge in [-0.2, -0.15) is 0 Å². The molecule has 8 aromatic rings. The molecule has 352 valence electrons. The molecular weight excluding hydrogens is 858 g/mol. The first kappa shape index (κ1) is 44.2. The largest absolute Gasteiger partial charge is 0.334 e. The van der Waals surface area contributed by atoms with Crippen LogP contribution in [0, 0.1) is 0 Å². The molecule has 2 aliphatic carbocycles. The lowest BCUT2D eigenvalue weighted by molar-refractivity contribution is 0.215. The maximum Gasteiger partial charge on any atom is 0.252 e. The summed E-state index contributed by atoms with van der Waals surface area (Å²) in [4.78, 5) is 8.14. The molecule has 0 radical (unpaired) electrons. The molecule has 8 aromatic carbocycles. The Morgan fingerprint density at radius 1 is 0.437 bits per heavy atom. The second kappa shape index (κ2) is 15.6. The van der Waals surface area contributed by atoms with Crippen molar-refractivity contribution in [1.82, 2.24) is 0 Å². The Hall–Kier alpha value is -6.78. The van der Waals surface area contributed by atoms with E-state index in [1.54, 1.807) is 0 Å². The third-order valence-corrected chi connectivity index (χ3v) is 18.1. The topological polar surface area (TPSA) is 9.72 Å². The highest BCUT2D eigenvalue weighted by atomic mass is 15.3. The van der Waals surface area contributed by atoms with Gasteiger partial charge in [-0.05, 0) is 153 Å². The number of fused-ring (bicyclic) bond motifs is 8. The summed E-state index contributed by atoms with van der Waals surface area (Å²) in [6.45, 7) is 19.6. The van der Waals surface area contributed by atoms with Gasteiger partial charge in [0.05, 0.1) is 11.2 Å². The van der Waals surface area contributed by atoms with Crippen LogP contribution in [0.25, 0.3) is 11.1 Å². The number of rotatable bonds is 5. The van der Waals surface area contributed by atoms with E-state index in [1.807, 2.05) is 0 Å². The van der Waals surface area contributed by atoms with Gasteiger partial charge in [0.1, 0.15) is 0 Å². The molecule has 0 aromatic heterocycles. The second-order valence-electron chi connectivity index (χ2n) is 24.1. The Morgan fingerprint density at radius 2 is 1.03 bits per heavy atom. The molecule has 13 rings (SSSR count). The Morgan fingerprint density at radius 3 is 1.73 bits per heavy atom. The van der Waals surface area contributed by atoms with Crippen LogP contribution in [0.2, 0.25) is 0 Å². The molecule has 1 saturated carbocycles. The monoisotopic (exact) mass is 924 g/mol. The minimum atomic E-state index is -0.240. The maximum absolute atomic E-state index is 2.82. The summed E-state index contributed by atoms with van der Waals surface area (Å²) in [7, 11) is 0. The quantitative estimate of drug-likeness (QED) is 0.159. The normalized spacial score (nSPS) is 21.1. The van der Waals surface area contributed by atoms with Gasteiger partial charge in [-0.15, -0.1) is 0 Å². The van der Waals surface area contributed by atoms with Crippen LogP contribution in [0.5, 0.6) is 0 Å². The summed E-state index contributed by atoms with van der Waals surface area (Å²) < 4.78 is 0. The number of benzene rings is 8. The molecule has 5 aliphatic rings. The highest BCUT2D eigenvalue weighted by Crippen LogP contribution is 2.64. The molecule has 71 heavy (non-hydrogen) atoms. The summed E-state index contributed by atoms with van der Waals surface area (Å²) in [5.41, 5.74) is 23.4. The zero-order valence-electron chi connectivity index (χ0n) is 43.0. The number of anilines is 8. The van der Waals surface area contributed by atoms with Crippen molar-refractivity contribution in [3.63, 3.8) is 0 Å². The van der Waals surface area contributed by atoms with E-state index < -0.39 is 0 Å². The lowest BCUT2D eigenvalue weighted by atomic mass is 9.33. The van der Waals surface area contributed by atoms with Gasteiger partial charge in [-0.25, -0.2) is 0 Å². The average Bonchev–Trinajstić information content (AvgIpc) is 3.63.